The molecule has 0 bridgehead atoms. The van der Waals surface area contributed by atoms with E-state index in [-0.39, 0.29) is 0 Å². The minimum atomic E-state index is 0.553. The van der Waals surface area contributed by atoms with Crippen LogP contribution in [0.2, 0.25) is 0 Å². The van der Waals surface area contributed by atoms with Gasteiger partial charge in [0.15, 0.2) is 5.96 Å². The van der Waals surface area contributed by atoms with Gasteiger partial charge in [-0.2, -0.15) is 0 Å². The number of aliphatic imine (C=N–C) groups is 1. The van der Waals surface area contributed by atoms with E-state index in [2.05, 4.69) is 20.6 Å². The molecule has 0 saturated carbocycles. The Morgan fingerprint density at radius 3 is 2.57 bits per heavy atom. The van der Waals surface area contributed by atoms with Crippen LogP contribution in [-0.2, 0) is 17.8 Å². The first kappa shape index (κ1) is 21.5. The SMILES string of the molecule is CCOCCCNC(=NCc1ccc(OC)cc1)NCc1cccc(OC)n1. The quantitative estimate of drug-likeness (QED) is 0.351. The monoisotopic (exact) mass is 386 g/mol. The molecule has 0 radical (unpaired) electrons. The summed E-state index contributed by atoms with van der Waals surface area (Å²) in [5, 5.41) is 6.67. The number of nitrogens with zero attached hydrogens (tertiary/aromatic N) is 2. The Balaban J connectivity index is 1.95. The molecule has 0 amide bonds. The lowest BCUT2D eigenvalue weighted by Gasteiger charge is -2.13. The average molecular weight is 386 g/mol. The van der Waals surface area contributed by atoms with Gasteiger partial charge in [0.05, 0.1) is 33.0 Å². The molecule has 0 unspecified atom stereocenters. The highest BCUT2D eigenvalue weighted by Crippen LogP contribution is 2.12. The first-order valence-corrected chi connectivity index (χ1v) is 9.48. The molecule has 0 saturated heterocycles. The van der Waals surface area contributed by atoms with Gasteiger partial charge in [-0.1, -0.05) is 18.2 Å². The van der Waals surface area contributed by atoms with Crippen molar-refractivity contribution in [3.05, 3.63) is 53.7 Å². The Bertz CT molecular complexity index is 720. The molecule has 1 aromatic carbocycles. The summed E-state index contributed by atoms with van der Waals surface area (Å²) in [5.74, 6) is 2.17. The fourth-order valence-corrected chi connectivity index (χ4v) is 2.44. The van der Waals surface area contributed by atoms with Crippen LogP contribution in [0.4, 0.5) is 0 Å². The summed E-state index contributed by atoms with van der Waals surface area (Å²) in [5.41, 5.74) is 1.99. The number of benzene rings is 1. The van der Waals surface area contributed by atoms with Crippen LogP contribution in [0.1, 0.15) is 24.6 Å². The molecule has 2 rings (SSSR count). The second-order valence-electron chi connectivity index (χ2n) is 6.02. The topological polar surface area (TPSA) is 77.0 Å². The van der Waals surface area contributed by atoms with Gasteiger partial charge in [0.2, 0.25) is 5.88 Å². The zero-order valence-electron chi connectivity index (χ0n) is 16.9. The molecule has 0 atom stereocenters. The standard InChI is InChI=1S/C21H30N4O3/c1-4-28-14-6-13-22-21(23-15-17-9-11-19(26-2)12-10-17)24-16-18-7-5-8-20(25-18)27-3/h5,7-12H,4,6,13-16H2,1-3H3,(H2,22,23,24). The molecule has 1 heterocycles. The van der Waals surface area contributed by atoms with Gasteiger partial charge in [0.1, 0.15) is 5.75 Å². The van der Waals surface area contributed by atoms with Gasteiger partial charge in [-0.25, -0.2) is 9.98 Å². The number of nitrogens with one attached hydrogen (secondary N) is 2. The summed E-state index contributed by atoms with van der Waals surface area (Å²) < 4.78 is 15.8. The van der Waals surface area contributed by atoms with Crippen molar-refractivity contribution in [2.45, 2.75) is 26.4 Å². The number of aromatic nitrogens is 1. The summed E-state index contributed by atoms with van der Waals surface area (Å²) in [6.45, 7) is 5.36. The van der Waals surface area contributed by atoms with E-state index in [0.29, 0.717) is 19.0 Å². The molecule has 7 heteroatoms. The lowest BCUT2D eigenvalue weighted by molar-refractivity contribution is 0.145. The van der Waals surface area contributed by atoms with E-state index in [0.717, 1.165) is 49.1 Å². The molecule has 28 heavy (non-hydrogen) atoms. The van der Waals surface area contributed by atoms with E-state index in [4.69, 9.17) is 14.2 Å². The summed E-state index contributed by atoms with van der Waals surface area (Å²) in [7, 11) is 3.27. The van der Waals surface area contributed by atoms with Crippen LogP contribution < -0.4 is 20.1 Å². The van der Waals surface area contributed by atoms with Crippen molar-refractivity contribution in [2.24, 2.45) is 4.99 Å². The number of pyridine rings is 1. The van der Waals surface area contributed by atoms with Gasteiger partial charge in [-0.15, -0.1) is 0 Å². The molecule has 0 spiro atoms. The van der Waals surface area contributed by atoms with Crippen LogP contribution in [0.5, 0.6) is 11.6 Å². The van der Waals surface area contributed by atoms with Crippen molar-refractivity contribution in [1.82, 2.24) is 15.6 Å². The van der Waals surface area contributed by atoms with E-state index in [1.807, 2.05) is 49.4 Å². The van der Waals surface area contributed by atoms with Crippen molar-refractivity contribution >= 4 is 5.96 Å². The fraction of sp³-hybridized carbons (Fsp3) is 0.429. The lowest BCUT2D eigenvalue weighted by atomic mass is 10.2. The normalized spacial score (nSPS) is 11.2. The molecule has 7 nitrogen and oxygen atoms in total. The minimum Gasteiger partial charge on any atom is -0.497 e. The van der Waals surface area contributed by atoms with Crippen LogP contribution in [-0.4, -0.2) is 44.9 Å². The Kier molecular flexibility index (Phi) is 9.65. The van der Waals surface area contributed by atoms with Gasteiger partial charge in [-0.05, 0) is 37.1 Å². The van der Waals surface area contributed by atoms with Gasteiger partial charge in [0, 0.05) is 25.8 Å². The van der Waals surface area contributed by atoms with E-state index >= 15 is 0 Å². The third-order valence-corrected chi connectivity index (χ3v) is 3.97. The van der Waals surface area contributed by atoms with Gasteiger partial charge in [-0.3, -0.25) is 0 Å². The maximum Gasteiger partial charge on any atom is 0.213 e. The van der Waals surface area contributed by atoms with Crippen LogP contribution in [0.25, 0.3) is 0 Å². The van der Waals surface area contributed by atoms with Gasteiger partial charge in [0.25, 0.3) is 0 Å². The third kappa shape index (κ3) is 7.84. The van der Waals surface area contributed by atoms with Crippen molar-refractivity contribution in [3.63, 3.8) is 0 Å². The Morgan fingerprint density at radius 2 is 1.86 bits per heavy atom. The third-order valence-electron chi connectivity index (χ3n) is 3.97. The molecule has 1 aromatic heterocycles. The van der Waals surface area contributed by atoms with Gasteiger partial charge < -0.3 is 24.8 Å². The number of hydrogen-bond acceptors (Lipinski definition) is 5. The van der Waals surface area contributed by atoms with Crippen LogP contribution >= 0.6 is 0 Å². The van der Waals surface area contributed by atoms with Crippen molar-refractivity contribution < 1.29 is 14.2 Å². The van der Waals surface area contributed by atoms with Crippen molar-refractivity contribution in [3.8, 4) is 11.6 Å². The number of guanidine groups is 1. The maximum atomic E-state index is 5.39. The number of ether oxygens (including phenoxy) is 3. The summed E-state index contributed by atoms with van der Waals surface area (Å²) in [6.07, 6.45) is 0.911. The second-order valence-corrected chi connectivity index (χ2v) is 6.02. The average Bonchev–Trinajstić information content (AvgIpc) is 2.75. The minimum absolute atomic E-state index is 0.553. The highest BCUT2D eigenvalue weighted by Gasteiger charge is 2.02. The van der Waals surface area contributed by atoms with Crippen molar-refractivity contribution in [1.29, 1.82) is 0 Å². The van der Waals surface area contributed by atoms with Crippen LogP contribution in [0.3, 0.4) is 0 Å². The summed E-state index contributed by atoms with van der Waals surface area (Å²) >= 11 is 0. The first-order chi connectivity index (χ1) is 13.7. The first-order valence-electron chi connectivity index (χ1n) is 9.48. The maximum absolute atomic E-state index is 5.39. The highest BCUT2D eigenvalue weighted by molar-refractivity contribution is 5.79. The number of rotatable bonds is 11. The Labute approximate surface area is 167 Å². The Morgan fingerprint density at radius 1 is 1.04 bits per heavy atom. The molecule has 0 fully saturated rings. The predicted molar refractivity (Wildman–Crippen MR) is 111 cm³/mol. The van der Waals surface area contributed by atoms with E-state index in [1.165, 1.54) is 0 Å². The van der Waals surface area contributed by atoms with Gasteiger partial charge >= 0.3 is 0 Å². The Hall–Kier alpha value is -2.80. The molecule has 0 aliphatic rings. The molecular formula is C21H30N4O3. The molecular weight excluding hydrogens is 356 g/mol. The molecule has 0 aliphatic carbocycles. The largest absolute Gasteiger partial charge is 0.497 e. The lowest BCUT2D eigenvalue weighted by Crippen LogP contribution is -2.38. The predicted octanol–water partition coefficient (Wildman–Crippen LogP) is 2.76. The van der Waals surface area contributed by atoms with E-state index in [9.17, 15) is 0 Å². The fourth-order valence-electron chi connectivity index (χ4n) is 2.44. The number of hydrogen-bond donors (Lipinski definition) is 2. The second kappa shape index (κ2) is 12.6. The van der Waals surface area contributed by atoms with Crippen LogP contribution in [0.15, 0.2) is 47.5 Å². The zero-order chi connectivity index (χ0) is 20.0. The van der Waals surface area contributed by atoms with E-state index < -0.39 is 0 Å². The molecule has 2 N–H and O–H groups in total. The number of methoxy groups -OCH3 is 2. The van der Waals surface area contributed by atoms with E-state index in [1.54, 1.807) is 14.2 Å². The highest BCUT2D eigenvalue weighted by atomic mass is 16.5. The van der Waals surface area contributed by atoms with Crippen molar-refractivity contribution in [2.75, 3.05) is 34.0 Å². The van der Waals surface area contributed by atoms with Crippen LogP contribution in [0, 0.1) is 0 Å². The summed E-state index contributed by atoms with van der Waals surface area (Å²) in [4.78, 5) is 9.10. The molecule has 0 aliphatic heterocycles. The molecule has 152 valence electrons. The smallest absolute Gasteiger partial charge is 0.213 e. The molecule has 2 aromatic rings. The zero-order valence-corrected chi connectivity index (χ0v) is 16.9. The summed E-state index contributed by atoms with van der Waals surface area (Å²) in [6, 6.07) is 13.6.